The van der Waals surface area contributed by atoms with Crippen LogP contribution in [0, 0.1) is 0 Å². The summed E-state index contributed by atoms with van der Waals surface area (Å²) in [5.41, 5.74) is 6.46. The molecule has 4 amide bonds. The summed E-state index contributed by atoms with van der Waals surface area (Å²) in [6.45, 7) is 1.68. The van der Waals surface area contributed by atoms with Crippen LogP contribution < -0.4 is 16.0 Å². The zero-order valence-electron chi connectivity index (χ0n) is 30.6. The molecule has 2 saturated heterocycles. The maximum Gasteiger partial charge on any atom is 0.256 e. The van der Waals surface area contributed by atoms with E-state index in [4.69, 9.17) is 0 Å². The number of carbonyl (C=O) groups is 4. The molecule has 0 aliphatic carbocycles. The predicted octanol–water partition coefficient (Wildman–Crippen LogP) is 7.28. The van der Waals surface area contributed by atoms with Gasteiger partial charge in [0.15, 0.2) is 0 Å². The van der Waals surface area contributed by atoms with Crippen LogP contribution in [0.3, 0.4) is 0 Å². The third-order valence-electron chi connectivity index (χ3n) is 10.1. The Bertz CT molecular complexity index is 2140. The lowest BCUT2D eigenvalue weighted by atomic mass is 10.1. The number of benzene rings is 4. The molecule has 5 aromatic rings. The quantitative estimate of drug-likeness (QED) is 0.116. The maximum atomic E-state index is 13.8. The number of likely N-dealkylation sites (tertiary alicyclic amines) is 2. The van der Waals surface area contributed by atoms with E-state index in [-0.39, 0.29) is 30.0 Å². The van der Waals surface area contributed by atoms with Crippen molar-refractivity contribution in [3.63, 3.8) is 0 Å². The van der Waals surface area contributed by atoms with Crippen molar-refractivity contribution < 1.29 is 19.2 Å². The second-order valence-corrected chi connectivity index (χ2v) is 13.9. The number of hydrogen-bond donors (Lipinski definition) is 3. The third-order valence-corrected chi connectivity index (χ3v) is 10.1. The van der Waals surface area contributed by atoms with Crippen LogP contribution in [0.5, 0.6) is 0 Å². The van der Waals surface area contributed by atoms with Crippen molar-refractivity contribution in [3.05, 3.63) is 155 Å². The average Bonchev–Trinajstić information content (AvgIpc) is 3.93. The lowest BCUT2D eigenvalue weighted by molar-refractivity contribution is -0.136. The molecule has 55 heavy (non-hydrogen) atoms. The molecule has 3 N–H and O–H groups in total. The smallest absolute Gasteiger partial charge is 0.256 e. The van der Waals surface area contributed by atoms with Gasteiger partial charge >= 0.3 is 0 Å². The molecular formula is C45H44N6O4. The molecular weight excluding hydrogens is 689 g/mol. The summed E-state index contributed by atoms with van der Waals surface area (Å²) in [5.74, 6) is -0.613. The molecule has 2 aliphatic rings. The molecule has 0 bridgehead atoms. The number of anilines is 3. The van der Waals surface area contributed by atoms with Crippen LogP contribution >= 0.6 is 0 Å². The Balaban J connectivity index is 0.904. The van der Waals surface area contributed by atoms with E-state index in [0.29, 0.717) is 49.4 Å². The first-order chi connectivity index (χ1) is 26.9. The highest BCUT2D eigenvalue weighted by molar-refractivity contribution is 6.04. The number of hydrogen-bond acceptors (Lipinski definition) is 6. The summed E-state index contributed by atoms with van der Waals surface area (Å²) < 4.78 is 0. The second-order valence-electron chi connectivity index (χ2n) is 13.9. The van der Waals surface area contributed by atoms with Gasteiger partial charge in [0.2, 0.25) is 17.7 Å². The van der Waals surface area contributed by atoms with E-state index in [1.54, 1.807) is 28.3 Å². The summed E-state index contributed by atoms with van der Waals surface area (Å²) >= 11 is 0. The van der Waals surface area contributed by atoms with Crippen molar-refractivity contribution in [2.75, 3.05) is 29.0 Å². The van der Waals surface area contributed by atoms with Crippen LogP contribution in [0.25, 0.3) is 12.2 Å². The highest BCUT2D eigenvalue weighted by Crippen LogP contribution is 2.26. The summed E-state index contributed by atoms with van der Waals surface area (Å²) in [5, 5.41) is 9.38. The highest BCUT2D eigenvalue weighted by Gasteiger charge is 2.36. The second kappa shape index (κ2) is 17.5. The van der Waals surface area contributed by atoms with E-state index >= 15 is 0 Å². The first-order valence-corrected chi connectivity index (χ1v) is 18.8. The van der Waals surface area contributed by atoms with Gasteiger partial charge in [-0.2, -0.15) is 0 Å². The fourth-order valence-electron chi connectivity index (χ4n) is 7.17. The molecule has 4 aromatic carbocycles. The minimum atomic E-state index is -0.556. The number of amides is 4. The van der Waals surface area contributed by atoms with E-state index in [2.05, 4.69) is 20.9 Å². The fraction of sp³-hybridized carbons (Fsp3) is 0.222. The van der Waals surface area contributed by atoms with E-state index < -0.39 is 12.1 Å². The minimum absolute atomic E-state index is 0.0702. The lowest BCUT2D eigenvalue weighted by Crippen LogP contribution is -2.43. The topological polar surface area (TPSA) is 124 Å². The van der Waals surface area contributed by atoms with Crippen LogP contribution in [0.15, 0.2) is 128 Å². The molecule has 0 radical (unpaired) electrons. The van der Waals surface area contributed by atoms with Gasteiger partial charge in [0.1, 0.15) is 12.1 Å². The zero-order chi connectivity index (χ0) is 38.0. The summed E-state index contributed by atoms with van der Waals surface area (Å²) in [6, 6.07) is 35.2. The van der Waals surface area contributed by atoms with Gasteiger partial charge in [-0.25, -0.2) is 0 Å². The summed E-state index contributed by atoms with van der Waals surface area (Å²) in [7, 11) is 0. The standard InChI is InChI=1S/C45H44N6O4/c52-42(29-35-11-6-26-46-30-35)50-27-7-14-40(50)43(53)48-36-22-18-32(19-23-36)16-17-33-20-24-37(25-21-33)49-44(54)41-15-8-28-51(41)45(55)38-12-4-5-13-39(38)47-31-34-9-2-1-3-10-34/h1-6,9-13,16-26,30,40-41,47H,7-8,14-15,27-29,31H2,(H,48,53)(H,49,54)/t40-,41-/m0/s1. The van der Waals surface area contributed by atoms with Gasteiger partial charge in [-0.05, 0) is 90.4 Å². The van der Waals surface area contributed by atoms with Crippen molar-refractivity contribution in [2.24, 2.45) is 0 Å². The molecule has 1 aromatic heterocycles. The Kier molecular flexibility index (Phi) is 11.7. The summed E-state index contributed by atoms with van der Waals surface area (Å²) in [4.78, 5) is 60.7. The normalized spacial score (nSPS) is 16.6. The number of rotatable bonds is 12. The highest BCUT2D eigenvalue weighted by atomic mass is 16.2. The Morgan fingerprint density at radius 3 is 1.82 bits per heavy atom. The molecule has 0 saturated carbocycles. The average molecular weight is 733 g/mol. The Labute approximate surface area is 321 Å². The van der Waals surface area contributed by atoms with Gasteiger partial charge < -0.3 is 25.8 Å². The SMILES string of the molecule is O=C(Nc1ccc(C=Cc2ccc(NC(=O)[C@@H]3CCCN3C(=O)c3ccccc3NCc3ccccc3)cc2)cc1)[C@@H]1CCCN1C(=O)Cc1cccnc1. The number of pyridine rings is 1. The largest absolute Gasteiger partial charge is 0.380 e. The molecule has 0 unspecified atom stereocenters. The van der Waals surface area contributed by atoms with Crippen molar-refractivity contribution >= 4 is 52.8 Å². The van der Waals surface area contributed by atoms with Crippen molar-refractivity contribution in [1.82, 2.24) is 14.8 Å². The lowest BCUT2D eigenvalue weighted by Gasteiger charge is -2.25. The summed E-state index contributed by atoms with van der Waals surface area (Å²) in [6.07, 6.45) is 10.3. The van der Waals surface area contributed by atoms with Gasteiger partial charge in [-0.3, -0.25) is 24.2 Å². The molecule has 2 fully saturated rings. The minimum Gasteiger partial charge on any atom is -0.380 e. The molecule has 0 spiro atoms. The maximum absolute atomic E-state index is 13.8. The molecule has 10 nitrogen and oxygen atoms in total. The first kappa shape index (κ1) is 36.8. The van der Waals surface area contributed by atoms with Crippen molar-refractivity contribution in [3.8, 4) is 0 Å². The van der Waals surface area contributed by atoms with E-state index in [1.807, 2.05) is 121 Å². The van der Waals surface area contributed by atoms with Crippen LogP contribution in [-0.2, 0) is 27.3 Å². The van der Waals surface area contributed by atoms with Gasteiger partial charge in [0, 0.05) is 49.1 Å². The monoisotopic (exact) mass is 732 g/mol. The van der Waals surface area contributed by atoms with Gasteiger partial charge in [0.05, 0.1) is 12.0 Å². The molecule has 2 aliphatic heterocycles. The van der Waals surface area contributed by atoms with Gasteiger partial charge in [-0.15, -0.1) is 0 Å². The Morgan fingerprint density at radius 1 is 0.636 bits per heavy atom. The van der Waals surface area contributed by atoms with Crippen molar-refractivity contribution in [1.29, 1.82) is 0 Å². The van der Waals surface area contributed by atoms with Crippen LogP contribution in [-0.4, -0.2) is 63.6 Å². The Morgan fingerprint density at radius 2 is 1.20 bits per heavy atom. The van der Waals surface area contributed by atoms with Gasteiger partial charge in [-0.1, -0.05) is 84.9 Å². The fourth-order valence-corrected chi connectivity index (χ4v) is 7.17. The number of aromatic nitrogens is 1. The van der Waals surface area contributed by atoms with Crippen LogP contribution in [0.4, 0.5) is 17.1 Å². The number of carbonyl (C=O) groups excluding carboxylic acids is 4. The van der Waals surface area contributed by atoms with Crippen LogP contribution in [0.1, 0.15) is 58.3 Å². The van der Waals surface area contributed by atoms with E-state index in [0.717, 1.165) is 40.8 Å². The Hall–Kier alpha value is -6.55. The van der Waals surface area contributed by atoms with E-state index in [1.165, 1.54) is 0 Å². The molecule has 2 atom stereocenters. The molecule has 7 rings (SSSR count). The zero-order valence-corrected chi connectivity index (χ0v) is 30.6. The molecule has 3 heterocycles. The first-order valence-electron chi connectivity index (χ1n) is 18.8. The van der Waals surface area contributed by atoms with Gasteiger partial charge in [0.25, 0.3) is 5.91 Å². The van der Waals surface area contributed by atoms with Crippen LogP contribution in [0.2, 0.25) is 0 Å². The molecule has 10 heteroatoms. The number of nitrogens with zero attached hydrogens (tertiary/aromatic N) is 3. The van der Waals surface area contributed by atoms with E-state index in [9.17, 15) is 19.2 Å². The predicted molar refractivity (Wildman–Crippen MR) is 216 cm³/mol. The third kappa shape index (κ3) is 9.34. The number of para-hydroxylation sites is 1. The number of nitrogens with one attached hydrogen (secondary N) is 3. The molecule has 278 valence electrons. The van der Waals surface area contributed by atoms with Crippen molar-refractivity contribution in [2.45, 2.75) is 50.7 Å².